The molecule has 0 saturated heterocycles. The first-order valence-electron chi connectivity index (χ1n) is 10.1. The van der Waals surface area contributed by atoms with Crippen LogP contribution in [0, 0.1) is 12.3 Å². The van der Waals surface area contributed by atoms with Gasteiger partial charge in [0.15, 0.2) is 0 Å². The van der Waals surface area contributed by atoms with Crippen LogP contribution in [-0.2, 0) is 18.9 Å². The smallest absolute Gasteiger partial charge is 0.107 e. The molecule has 4 nitrogen and oxygen atoms in total. The van der Waals surface area contributed by atoms with E-state index in [9.17, 15) is 0 Å². The second kappa shape index (κ2) is 24.8. The molecule has 0 fully saturated rings. The van der Waals surface area contributed by atoms with Gasteiger partial charge in [0.1, 0.15) is 6.61 Å². The predicted octanol–water partition coefficient (Wildman–Crippen LogP) is 4.56. The number of unbranched alkanes of at least 4 members (excludes halogenated alkanes) is 8. The Morgan fingerprint density at radius 2 is 1.00 bits per heavy atom. The third-order valence-electron chi connectivity index (χ3n) is 3.94. The highest BCUT2D eigenvalue weighted by atomic mass is 32.2. The summed E-state index contributed by atoms with van der Waals surface area (Å²) >= 11 is 1.96. The largest absolute Gasteiger partial charge is 0.379 e. The SMILES string of the molecule is C#CCOCCOCCOCCOCCCCCCCCCCCSC. The number of hydrogen-bond donors (Lipinski definition) is 0. The van der Waals surface area contributed by atoms with Crippen LogP contribution in [0.4, 0.5) is 0 Å². The molecule has 0 heterocycles. The average molecular weight is 389 g/mol. The molecule has 0 aromatic carbocycles. The quantitative estimate of drug-likeness (QED) is 0.201. The fourth-order valence-corrected chi connectivity index (χ4v) is 2.97. The molecular weight excluding hydrogens is 348 g/mol. The first-order valence-corrected chi connectivity index (χ1v) is 11.5. The van der Waals surface area contributed by atoms with Gasteiger partial charge in [-0.25, -0.2) is 0 Å². The lowest BCUT2D eigenvalue weighted by Crippen LogP contribution is -2.12. The molecule has 0 aromatic heterocycles. The molecule has 5 heteroatoms. The van der Waals surface area contributed by atoms with Gasteiger partial charge in [-0.3, -0.25) is 0 Å². The minimum atomic E-state index is 0.343. The van der Waals surface area contributed by atoms with Crippen LogP contribution < -0.4 is 0 Å². The number of thioether (sulfide) groups is 1. The van der Waals surface area contributed by atoms with E-state index in [1.54, 1.807) is 0 Å². The Bertz CT molecular complexity index is 294. The highest BCUT2D eigenvalue weighted by molar-refractivity contribution is 7.98. The highest BCUT2D eigenvalue weighted by Crippen LogP contribution is 2.10. The van der Waals surface area contributed by atoms with Gasteiger partial charge in [-0.05, 0) is 24.9 Å². The van der Waals surface area contributed by atoms with Crippen molar-refractivity contribution in [1.29, 1.82) is 0 Å². The molecule has 154 valence electrons. The maximum Gasteiger partial charge on any atom is 0.107 e. The van der Waals surface area contributed by atoms with Crippen molar-refractivity contribution < 1.29 is 18.9 Å². The summed E-state index contributed by atoms with van der Waals surface area (Å²) in [6.45, 7) is 4.75. The Labute approximate surface area is 166 Å². The fraction of sp³-hybridized carbons (Fsp3) is 0.905. The van der Waals surface area contributed by atoms with Gasteiger partial charge in [0.25, 0.3) is 0 Å². The molecule has 0 unspecified atom stereocenters. The summed E-state index contributed by atoms with van der Waals surface area (Å²) in [4.78, 5) is 0. The summed E-state index contributed by atoms with van der Waals surface area (Å²) in [6.07, 6.45) is 19.4. The van der Waals surface area contributed by atoms with Crippen LogP contribution in [0.2, 0.25) is 0 Å². The van der Waals surface area contributed by atoms with Crippen LogP contribution in [0.25, 0.3) is 0 Å². The van der Waals surface area contributed by atoms with E-state index in [2.05, 4.69) is 12.2 Å². The van der Waals surface area contributed by atoms with E-state index in [1.165, 1.54) is 57.1 Å². The Kier molecular flexibility index (Phi) is 24.5. The van der Waals surface area contributed by atoms with E-state index in [1.807, 2.05) is 11.8 Å². The topological polar surface area (TPSA) is 36.9 Å². The van der Waals surface area contributed by atoms with E-state index in [4.69, 9.17) is 25.4 Å². The molecule has 0 aliphatic carbocycles. The molecule has 0 atom stereocenters. The van der Waals surface area contributed by atoms with Crippen molar-refractivity contribution in [2.75, 3.05) is 64.9 Å². The molecule has 0 rings (SSSR count). The summed E-state index contributed by atoms with van der Waals surface area (Å²) in [6, 6.07) is 0. The summed E-state index contributed by atoms with van der Waals surface area (Å²) in [5.41, 5.74) is 0. The third-order valence-corrected chi connectivity index (χ3v) is 4.64. The normalized spacial score (nSPS) is 10.9. The fourth-order valence-electron chi connectivity index (χ4n) is 2.48. The van der Waals surface area contributed by atoms with E-state index in [-0.39, 0.29) is 0 Å². The van der Waals surface area contributed by atoms with E-state index >= 15 is 0 Å². The number of terminal acetylenes is 1. The molecule has 26 heavy (non-hydrogen) atoms. The van der Waals surface area contributed by atoms with Crippen LogP contribution in [0.5, 0.6) is 0 Å². The van der Waals surface area contributed by atoms with Crippen LogP contribution in [0.3, 0.4) is 0 Å². The predicted molar refractivity (Wildman–Crippen MR) is 112 cm³/mol. The maximum atomic E-state index is 5.58. The van der Waals surface area contributed by atoms with Gasteiger partial charge >= 0.3 is 0 Å². The summed E-state index contributed by atoms with van der Waals surface area (Å²) < 4.78 is 21.5. The lowest BCUT2D eigenvalue weighted by molar-refractivity contribution is 0.000914. The number of ether oxygens (including phenoxy) is 4. The van der Waals surface area contributed by atoms with Crippen LogP contribution in [-0.4, -0.2) is 64.9 Å². The van der Waals surface area contributed by atoms with E-state index in [0.717, 1.165) is 13.0 Å². The highest BCUT2D eigenvalue weighted by Gasteiger charge is 1.95. The zero-order chi connectivity index (χ0) is 19.0. The zero-order valence-electron chi connectivity index (χ0n) is 16.8. The van der Waals surface area contributed by atoms with Gasteiger partial charge in [0.2, 0.25) is 0 Å². The van der Waals surface area contributed by atoms with Gasteiger partial charge in [-0.2, -0.15) is 11.8 Å². The maximum absolute atomic E-state index is 5.58. The lowest BCUT2D eigenvalue weighted by Gasteiger charge is -2.07. The zero-order valence-corrected chi connectivity index (χ0v) is 17.7. The molecule has 0 amide bonds. The second-order valence-electron chi connectivity index (χ2n) is 6.27. The van der Waals surface area contributed by atoms with Crippen LogP contribution >= 0.6 is 11.8 Å². The Morgan fingerprint density at radius 1 is 0.577 bits per heavy atom. The van der Waals surface area contributed by atoms with Crippen LogP contribution in [0.15, 0.2) is 0 Å². The number of hydrogen-bond acceptors (Lipinski definition) is 5. The monoisotopic (exact) mass is 388 g/mol. The Hall–Kier alpha value is -0.250. The van der Waals surface area contributed by atoms with Gasteiger partial charge in [0, 0.05) is 6.61 Å². The molecule has 0 N–H and O–H groups in total. The number of rotatable bonds is 22. The van der Waals surface area contributed by atoms with Crippen molar-refractivity contribution in [3.8, 4) is 12.3 Å². The first-order chi connectivity index (χ1) is 12.9. The van der Waals surface area contributed by atoms with Crippen molar-refractivity contribution in [2.45, 2.75) is 57.8 Å². The summed E-state index contributed by atoms with van der Waals surface area (Å²) in [5.74, 6) is 3.73. The lowest BCUT2D eigenvalue weighted by atomic mass is 10.1. The molecule has 0 saturated carbocycles. The molecule has 0 spiro atoms. The van der Waals surface area contributed by atoms with Crippen molar-refractivity contribution in [2.24, 2.45) is 0 Å². The molecule has 0 aliphatic heterocycles. The average Bonchev–Trinajstić information content (AvgIpc) is 2.66. The molecule has 0 bridgehead atoms. The van der Waals surface area contributed by atoms with Crippen molar-refractivity contribution >= 4 is 11.8 Å². The van der Waals surface area contributed by atoms with Crippen molar-refractivity contribution in [3.05, 3.63) is 0 Å². The van der Waals surface area contributed by atoms with Crippen molar-refractivity contribution in [3.63, 3.8) is 0 Å². The Balaban J connectivity index is 2.96. The van der Waals surface area contributed by atoms with Crippen LogP contribution in [0.1, 0.15) is 57.8 Å². The summed E-state index contributed by atoms with van der Waals surface area (Å²) in [7, 11) is 0. The first kappa shape index (κ1) is 25.8. The van der Waals surface area contributed by atoms with Crippen molar-refractivity contribution in [1.82, 2.24) is 0 Å². The molecule has 0 aliphatic rings. The Morgan fingerprint density at radius 3 is 1.50 bits per heavy atom. The third kappa shape index (κ3) is 23.8. The molecule has 0 aromatic rings. The molecular formula is C21H40O4S. The standard InChI is InChI=1S/C21H40O4S/c1-3-13-22-15-17-24-19-20-25-18-16-23-14-11-9-7-5-4-6-8-10-12-21-26-2/h1H,4-21H2,2H3. The second-order valence-corrected chi connectivity index (χ2v) is 7.25. The summed E-state index contributed by atoms with van der Waals surface area (Å²) in [5, 5.41) is 0. The van der Waals surface area contributed by atoms with Gasteiger partial charge in [0.05, 0.1) is 39.6 Å². The minimum absolute atomic E-state index is 0.343. The van der Waals surface area contributed by atoms with Gasteiger partial charge in [-0.15, -0.1) is 6.42 Å². The van der Waals surface area contributed by atoms with E-state index < -0.39 is 0 Å². The van der Waals surface area contributed by atoms with Gasteiger partial charge < -0.3 is 18.9 Å². The van der Waals surface area contributed by atoms with E-state index in [0.29, 0.717) is 46.2 Å². The van der Waals surface area contributed by atoms with Gasteiger partial charge in [-0.1, -0.05) is 50.9 Å². The molecule has 0 radical (unpaired) electrons. The minimum Gasteiger partial charge on any atom is -0.379 e.